The van der Waals surface area contributed by atoms with Crippen molar-refractivity contribution in [3.8, 4) is 17.1 Å². The van der Waals surface area contributed by atoms with Crippen LogP contribution >= 0.6 is 0 Å². The van der Waals surface area contributed by atoms with Crippen LogP contribution in [-0.4, -0.2) is 71.5 Å². The molecule has 11 heteroatoms. The minimum absolute atomic E-state index is 0.0277. The van der Waals surface area contributed by atoms with E-state index in [4.69, 9.17) is 5.73 Å². The fourth-order valence-electron chi connectivity index (χ4n) is 4.07. The zero-order chi connectivity index (χ0) is 22.2. The minimum Gasteiger partial charge on any atom is -0.382 e. The third-order valence-corrected chi connectivity index (χ3v) is 5.90. The van der Waals surface area contributed by atoms with Crippen LogP contribution in [0.25, 0.3) is 28.1 Å². The second-order valence-electron chi connectivity index (χ2n) is 7.99. The van der Waals surface area contributed by atoms with Gasteiger partial charge in [0.25, 0.3) is 5.91 Å². The maximum Gasteiger partial charge on any atom is 0.273 e. The number of carbonyl (C=O) groups excluding carboxylic acids is 1. The number of fused-ring (bicyclic) bond motifs is 1. The van der Waals surface area contributed by atoms with E-state index in [2.05, 4.69) is 42.4 Å². The van der Waals surface area contributed by atoms with Crippen LogP contribution in [0, 0.1) is 0 Å². The first-order chi connectivity index (χ1) is 15.5. The molecule has 1 aliphatic rings. The van der Waals surface area contributed by atoms with Gasteiger partial charge in [-0.05, 0) is 38.6 Å². The largest absolute Gasteiger partial charge is 0.382 e. The molecule has 1 atom stereocenters. The normalized spacial score (nSPS) is 16.6. The van der Waals surface area contributed by atoms with Crippen LogP contribution in [0.15, 0.2) is 36.9 Å². The number of rotatable bonds is 5. The summed E-state index contributed by atoms with van der Waals surface area (Å²) in [7, 11) is 3.99. The van der Waals surface area contributed by atoms with Crippen molar-refractivity contribution in [2.24, 2.45) is 7.05 Å². The number of anilines is 1. The van der Waals surface area contributed by atoms with Crippen LogP contribution in [0.1, 0.15) is 23.3 Å². The first kappa shape index (κ1) is 20.1. The maximum absolute atomic E-state index is 13.0. The molecular weight excluding hydrogens is 408 g/mol. The lowest BCUT2D eigenvalue weighted by Crippen LogP contribution is -2.38. The van der Waals surface area contributed by atoms with Crippen LogP contribution in [0.5, 0.6) is 0 Å². The highest BCUT2D eigenvalue weighted by Gasteiger charge is 2.24. The van der Waals surface area contributed by atoms with Crippen molar-refractivity contribution >= 4 is 22.8 Å². The minimum atomic E-state index is -0.349. The number of nitrogen functional groups attached to an aromatic ring is 1. The number of aromatic nitrogens is 7. The molecule has 1 amide bonds. The summed E-state index contributed by atoms with van der Waals surface area (Å²) in [6.07, 6.45) is 7.02. The number of imidazole rings is 1. The Kier molecular flexibility index (Phi) is 5.02. The van der Waals surface area contributed by atoms with Crippen LogP contribution in [-0.2, 0) is 7.05 Å². The number of amides is 1. The molecule has 32 heavy (non-hydrogen) atoms. The summed E-state index contributed by atoms with van der Waals surface area (Å²) >= 11 is 0. The molecule has 164 valence electrons. The van der Waals surface area contributed by atoms with Gasteiger partial charge in [-0.1, -0.05) is 6.07 Å². The Bertz CT molecular complexity index is 1280. The number of hydrogen-bond acceptors (Lipinski definition) is 8. The van der Waals surface area contributed by atoms with E-state index in [1.807, 2.05) is 29.8 Å². The standard InChI is InChI=1S/C21H24N10O/c1-29-9-3-4-14(29)11-23-21(32)18-19(22)28-20(31-25-7-8-26-31)17(27-18)13-5-6-15-16(10-13)30(2)12-24-15/h5-8,10,12,14H,3-4,9,11H2,1-2H3,(H2,22,28)(H,23,32)/t14-/m0/s1. The number of benzene rings is 1. The van der Waals surface area contributed by atoms with E-state index < -0.39 is 0 Å². The topological polar surface area (TPSA) is 133 Å². The number of nitrogens with one attached hydrogen (secondary N) is 1. The summed E-state index contributed by atoms with van der Waals surface area (Å²) in [5.74, 6) is 0.0270. The molecule has 1 aliphatic heterocycles. The summed E-state index contributed by atoms with van der Waals surface area (Å²) in [5.41, 5.74) is 9.24. The van der Waals surface area contributed by atoms with Gasteiger partial charge >= 0.3 is 0 Å². The highest BCUT2D eigenvalue weighted by Crippen LogP contribution is 2.28. The van der Waals surface area contributed by atoms with E-state index >= 15 is 0 Å². The molecule has 1 saturated heterocycles. The van der Waals surface area contributed by atoms with E-state index in [0.29, 0.717) is 24.1 Å². The summed E-state index contributed by atoms with van der Waals surface area (Å²) in [5, 5.41) is 11.3. The molecule has 3 N–H and O–H groups in total. The molecular formula is C21H24N10O. The van der Waals surface area contributed by atoms with Crippen LogP contribution in [0.3, 0.4) is 0 Å². The predicted octanol–water partition coefficient (Wildman–Crippen LogP) is 1.02. The smallest absolute Gasteiger partial charge is 0.273 e. The highest BCUT2D eigenvalue weighted by molar-refractivity contribution is 5.97. The van der Waals surface area contributed by atoms with Crippen LogP contribution < -0.4 is 11.1 Å². The molecule has 3 aromatic heterocycles. The molecule has 0 saturated carbocycles. The molecule has 0 radical (unpaired) electrons. The lowest BCUT2D eigenvalue weighted by Gasteiger charge is -2.20. The number of likely N-dealkylation sites (N-methyl/N-ethyl adjacent to an activating group) is 1. The van der Waals surface area contributed by atoms with Gasteiger partial charge in [0.05, 0.1) is 29.8 Å². The Labute approximate surface area is 184 Å². The third-order valence-electron chi connectivity index (χ3n) is 5.90. The number of aryl methyl sites for hydroxylation is 1. The number of nitrogens with zero attached hydrogens (tertiary/aromatic N) is 8. The molecule has 4 aromatic rings. The average Bonchev–Trinajstić information content (AvgIpc) is 3.54. The van der Waals surface area contributed by atoms with Crippen molar-refractivity contribution in [3.63, 3.8) is 0 Å². The lowest BCUT2D eigenvalue weighted by molar-refractivity contribution is 0.0939. The molecule has 11 nitrogen and oxygen atoms in total. The fourth-order valence-corrected chi connectivity index (χ4v) is 4.07. The fraction of sp³-hybridized carbons (Fsp3) is 0.333. The zero-order valence-corrected chi connectivity index (χ0v) is 17.9. The monoisotopic (exact) mass is 432 g/mol. The van der Waals surface area contributed by atoms with Crippen molar-refractivity contribution in [3.05, 3.63) is 42.6 Å². The van der Waals surface area contributed by atoms with Crippen molar-refractivity contribution in [2.75, 3.05) is 25.9 Å². The van der Waals surface area contributed by atoms with Crippen LogP contribution in [0.4, 0.5) is 5.82 Å². The number of hydrogen-bond donors (Lipinski definition) is 2. The lowest BCUT2D eigenvalue weighted by atomic mass is 10.1. The van der Waals surface area contributed by atoms with Crippen molar-refractivity contribution < 1.29 is 4.79 Å². The first-order valence-corrected chi connectivity index (χ1v) is 10.5. The van der Waals surface area contributed by atoms with Gasteiger partial charge in [-0.25, -0.2) is 15.0 Å². The van der Waals surface area contributed by atoms with Gasteiger partial charge in [0, 0.05) is 25.2 Å². The van der Waals surface area contributed by atoms with E-state index in [0.717, 1.165) is 36.0 Å². The summed E-state index contributed by atoms with van der Waals surface area (Å²) < 4.78 is 1.92. The predicted molar refractivity (Wildman–Crippen MR) is 119 cm³/mol. The van der Waals surface area contributed by atoms with E-state index in [1.54, 1.807) is 18.7 Å². The van der Waals surface area contributed by atoms with Gasteiger partial charge in [0.15, 0.2) is 11.5 Å². The average molecular weight is 432 g/mol. The van der Waals surface area contributed by atoms with E-state index in [-0.39, 0.29) is 17.4 Å². The molecule has 0 aliphatic carbocycles. The van der Waals surface area contributed by atoms with Gasteiger partial charge in [-0.2, -0.15) is 10.2 Å². The van der Waals surface area contributed by atoms with Crippen LogP contribution in [0.2, 0.25) is 0 Å². The maximum atomic E-state index is 13.0. The van der Waals surface area contributed by atoms with Gasteiger partial charge < -0.3 is 20.5 Å². The summed E-state index contributed by atoms with van der Waals surface area (Å²) in [6.45, 7) is 1.57. The highest BCUT2D eigenvalue weighted by atomic mass is 16.1. The van der Waals surface area contributed by atoms with E-state index in [9.17, 15) is 4.79 Å². The Morgan fingerprint density at radius 2 is 2.03 bits per heavy atom. The molecule has 0 spiro atoms. The van der Waals surface area contributed by atoms with Gasteiger partial charge in [-0.15, -0.1) is 4.80 Å². The van der Waals surface area contributed by atoms with Gasteiger partial charge in [0.2, 0.25) is 5.82 Å². The number of carbonyl (C=O) groups is 1. The number of likely N-dealkylation sites (tertiary alicyclic amines) is 1. The first-order valence-electron chi connectivity index (χ1n) is 10.5. The molecule has 1 aromatic carbocycles. The Morgan fingerprint density at radius 3 is 2.78 bits per heavy atom. The Morgan fingerprint density at radius 1 is 1.22 bits per heavy atom. The van der Waals surface area contributed by atoms with Gasteiger partial charge in [0.1, 0.15) is 5.69 Å². The second kappa shape index (κ2) is 8.00. The number of nitrogens with two attached hydrogens (primary N) is 1. The van der Waals surface area contributed by atoms with Crippen molar-refractivity contribution in [2.45, 2.75) is 18.9 Å². The van der Waals surface area contributed by atoms with E-state index in [1.165, 1.54) is 4.80 Å². The second-order valence-corrected chi connectivity index (χ2v) is 7.99. The van der Waals surface area contributed by atoms with Crippen molar-refractivity contribution in [1.82, 2.24) is 44.7 Å². The SMILES string of the molecule is CN1CCC[C@H]1CNC(=O)c1nc(-c2ccc3ncn(C)c3c2)c(-n2nccn2)nc1N. The summed E-state index contributed by atoms with van der Waals surface area (Å²) in [6, 6.07) is 6.05. The summed E-state index contributed by atoms with van der Waals surface area (Å²) in [4.78, 5) is 30.0. The van der Waals surface area contributed by atoms with Crippen molar-refractivity contribution in [1.29, 1.82) is 0 Å². The third kappa shape index (κ3) is 3.56. The Hall–Kier alpha value is -3.86. The zero-order valence-electron chi connectivity index (χ0n) is 17.9. The molecule has 0 unspecified atom stereocenters. The quantitative estimate of drug-likeness (QED) is 0.478. The molecule has 1 fully saturated rings. The molecule has 4 heterocycles. The van der Waals surface area contributed by atoms with Gasteiger partial charge in [-0.3, -0.25) is 4.79 Å². The Balaban J connectivity index is 1.55. The molecule has 5 rings (SSSR count). The molecule has 0 bridgehead atoms.